The van der Waals surface area contributed by atoms with E-state index in [1.165, 1.54) is 0 Å². The van der Waals surface area contributed by atoms with Gasteiger partial charge in [-0.05, 0) is 76.1 Å². The minimum Gasteiger partial charge on any atom is -0.378 e. The molecular formula is C28H39FN4OS. The standard InChI is InChI=1S/C28H39FN4OS/c1-7-11-25(32-24(9-3)20-14-17-30-27(18-20)35(6)34)22(8-2)23-19-31-33(26(23)10-4)21-12-15-28(5,29)16-13-21/h8,10-11,14,17-19,21,24,32H,4,7,9,12-13,15-16H2,1-3,5-6H3/b22-8+,25-11+. The molecule has 5 nitrogen and oxygen atoms in total. The van der Waals surface area contributed by atoms with Gasteiger partial charge in [0.05, 0.1) is 34.8 Å². The first-order chi connectivity index (χ1) is 16.7. The van der Waals surface area contributed by atoms with Gasteiger partial charge in [-0.1, -0.05) is 32.6 Å². The van der Waals surface area contributed by atoms with Gasteiger partial charge in [-0.25, -0.2) is 9.37 Å². The molecule has 2 unspecified atom stereocenters. The lowest BCUT2D eigenvalue weighted by Gasteiger charge is -2.32. The lowest BCUT2D eigenvalue weighted by molar-refractivity contribution is 0.102. The van der Waals surface area contributed by atoms with Gasteiger partial charge in [0.1, 0.15) is 10.7 Å². The molecule has 1 fully saturated rings. The molecule has 190 valence electrons. The molecule has 1 aliphatic carbocycles. The number of hydrogen-bond donors (Lipinski definition) is 1. The summed E-state index contributed by atoms with van der Waals surface area (Å²) < 4.78 is 28.4. The second kappa shape index (κ2) is 11.9. The van der Waals surface area contributed by atoms with E-state index < -0.39 is 16.5 Å². The largest absolute Gasteiger partial charge is 0.378 e. The summed E-state index contributed by atoms with van der Waals surface area (Å²) in [4.78, 5) is 4.25. The van der Waals surface area contributed by atoms with E-state index in [0.29, 0.717) is 17.9 Å². The van der Waals surface area contributed by atoms with Gasteiger partial charge in [0.2, 0.25) is 0 Å². The molecule has 1 N–H and O–H groups in total. The van der Waals surface area contributed by atoms with Crippen molar-refractivity contribution in [1.29, 1.82) is 0 Å². The van der Waals surface area contributed by atoms with Crippen LogP contribution in [0, 0.1) is 0 Å². The van der Waals surface area contributed by atoms with Crippen molar-refractivity contribution >= 4 is 22.4 Å². The van der Waals surface area contributed by atoms with Gasteiger partial charge in [0.25, 0.3) is 0 Å². The average molecular weight is 499 g/mol. The van der Waals surface area contributed by atoms with Crippen molar-refractivity contribution in [2.24, 2.45) is 0 Å². The number of nitrogens with zero attached hydrogens (tertiary/aromatic N) is 3. The number of allylic oxidation sites excluding steroid dienone is 3. The molecule has 35 heavy (non-hydrogen) atoms. The summed E-state index contributed by atoms with van der Waals surface area (Å²) in [6, 6.07) is 4.12. The first kappa shape index (κ1) is 27.1. The highest BCUT2D eigenvalue weighted by Gasteiger charge is 2.33. The minimum atomic E-state index is -1.13. The Balaban J connectivity index is 1.93. The number of nitrogens with one attached hydrogen (secondary N) is 1. The Labute approximate surface area is 212 Å². The van der Waals surface area contributed by atoms with Crippen LogP contribution in [0.2, 0.25) is 0 Å². The second-order valence-corrected chi connectivity index (χ2v) is 10.8. The summed E-state index contributed by atoms with van der Waals surface area (Å²) in [6.07, 6.45) is 15.8. The lowest BCUT2D eigenvalue weighted by Crippen LogP contribution is -2.28. The molecule has 0 saturated heterocycles. The van der Waals surface area contributed by atoms with Crippen LogP contribution >= 0.6 is 0 Å². The van der Waals surface area contributed by atoms with Crippen LogP contribution in [0.3, 0.4) is 0 Å². The number of pyridine rings is 1. The summed E-state index contributed by atoms with van der Waals surface area (Å²) in [5.74, 6) is 0. The van der Waals surface area contributed by atoms with Crippen molar-refractivity contribution < 1.29 is 8.60 Å². The fourth-order valence-electron chi connectivity index (χ4n) is 4.84. The van der Waals surface area contributed by atoms with E-state index in [1.807, 2.05) is 36.0 Å². The maximum atomic E-state index is 14.4. The molecule has 0 bridgehead atoms. The van der Waals surface area contributed by atoms with Crippen LogP contribution in [0.5, 0.6) is 0 Å². The fourth-order valence-corrected chi connectivity index (χ4v) is 5.35. The molecule has 0 spiro atoms. The number of alkyl halides is 1. The van der Waals surface area contributed by atoms with E-state index in [4.69, 9.17) is 5.10 Å². The SMILES string of the molecule is C=Cc1c(C(=C\C)/C(=C\CC)NC(CC)c2ccnc(S(C)=O)c2)cnn1C1CCC(C)(F)CC1. The summed E-state index contributed by atoms with van der Waals surface area (Å²) in [6.45, 7) is 12.1. The first-order valence-corrected chi connectivity index (χ1v) is 14.1. The second-order valence-electron chi connectivity index (χ2n) is 9.45. The summed E-state index contributed by atoms with van der Waals surface area (Å²) >= 11 is 0. The van der Waals surface area contributed by atoms with Crippen molar-refractivity contribution in [2.45, 2.75) is 89.0 Å². The molecule has 1 saturated carbocycles. The number of rotatable bonds is 10. The normalized spacial score (nSPS) is 23.1. The Hall–Kier alpha value is -2.54. The number of halogens is 1. The molecule has 0 radical (unpaired) electrons. The molecule has 0 aromatic carbocycles. The first-order valence-electron chi connectivity index (χ1n) is 12.6. The van der Waals surface area contributed by atoms with Gasteiger partial charge >= 0.3 is 0 Å². The number of aromatic nitrogens is 3. The molecule has 0 amide bonds. The maximum Gasteiger partial charge on any atom is 0.127 e. The zero-order valence-electron chi connectivity index (χ0n) is 21.7. The van der Waals surface area contributed by atoms with E-state index in [0.717, 1.165) is 53.8 Å². The van der Waals surface area contributed by atoms with Gasteiger partial charge in [0, 0.05) is 29.3 Å². The minimum absolute atomic E-state index is 0.0378. The average Bonchev–Trinajstić information content (AvgIpc) is 3.26. The van der Waals surface area contributed by atoms with E-state index in [2.05, 4.69) is 42.9 Å². The Morgan fingerprint density at radius 2 is 2.11 bits per heavy atom. The van der Waals surface area contributed by atoms with Crippen molar-refractivity contribution in [3.8, 4) is 0 Å². The Morgan fingerprint density at radius 1 is 1.40 bits per heavy atom. The monoisotopic (exact) mass is 498 g/mol. The molecule has 7 heteroatoms. The van der Waals surface area contributed by atoms with E-state index in [1.54, 1.807) is 19.4 Å². The van der Waals surface area contributed by atoms with Crippen LogP contribution in [0.4, 0.5) is 4.39 Å². The topological polar surface area (TPSA) is 59.8 Å². The molecular weight excluding hydrogens is 459 g/mol. The summed E-state index contributed by atoms with van der Waals surface area (Å²) in [5, 5.41) is 9.06. The number of hydrogen-bond acceptors (Lipinski definition) is 4. The van der Waals surface area contributed by atoms with Crippen LogP contribution in [0.1, 0.15) is 95.1 Å². The quantitative estimate of drug-likeness (QED) is 0.361. The summed E-state index contributed by atoms with van der Waals surface area (Å²) in [7, 11) is -1.13. The predicted molar refractivity (Wildman–Crippen MR) is 144 cm³/mol. The Kier molecular flexibility index (Phi) is 9.22. The van der Waals surface area contributed by atoms with Gasteiger partial charge < -0.3 is 5.32 Å². The van der Waals surface area contributed by atoms with Crippen molar-refractivity contribution in [3.05, 3.63) is 65.8 Å². The highest BCUT2D eigenvalue weighted by Crippen LogP contribution is 2.39. The maximum absolute atomic E-state index is 14.4. The van der Waals surface area contributed by atoms with Gasteiger partial charge in [-0.15, -0.1) is 0 Å². The lowest BCUT2D eigenvalue weighted by atomic mass is 9.85. The molecule has 1 aliphatic rings. The third-order valence-corrected chi connectivity index (χ3v) is 7.65. The zero-order chi connectivity index (χ0) is 25.6. The third kappa shape index (κ3) is 6.37. The van der Waals surface area contributed by atoms with Gasteiger partial charge in [-0.2, -0.15) is 5.10 Å². The van der Waals surface area contributed by atoms with E-state index >= 15 is 0 Å². The van der Waals surface area contributed by atoms with Crippen LogP contribution in [0.25, 0.3) is 11.6 Å². The van der Waals surface area contributed by atoms with Crippen molar-refractivity contribution in [3.63, 3.8) is 0 Å². The highest BCUT2D eigenvalue weighted by molar-refractivity contribution is 7.84. The van der Waals surface area contributed by atoms with Crippen LogP contribution in [-0.2, 0) is 10.8 Å². The van der Waals surface area contributed by atoms with E-state index in [9.17, 15) is 8.60 Å². The van der Waals surface area contributed by atoms with Gasteiger partial charge in [-0.3, -0.25) is 8.89 Å². The molecule has 2 aromatic rings. The van der Waals surface area contributed by atoms with Crippen LogP contribution < -0.4 is 5.32 Å². The highest BCUT2D eigenvalue weighted by atomic mass is 32.2. The van der Waals surface area contributed by atoms with Crippen LogP contribution in [-0.4, -0.2) is 30.9 Å². The third-order valence-electron chi connectivity index (χ3n) is 6.84. The van der Waals surface area contributed by atoms with Crippen molar-refractivity contribution in [2.75, 3.05) is 6.26 Å². The summed E-state index contributed by atoms with van der Waals surface area (Å²) in [5.41, 5.74) is 4.05. The smallest absolute Gasteiger partial charge is 0.127 e. The molecule has 3 rings (SSSR count). The Morgan fingerprint density at radius 3 is 2.69 bits per heavy atom. The molecule has 2 heterocycles. The zero-order valence-corrected chi connectivity index (χ0v) is 22.5. The molecule has 2 aromatic heterocycles. The van der Waals surface area contributed by atoms with Crippen molar-refractivity contribution in [1.82, 2.24) is 20.1 Å². The van der Waals surface area contributed by atoms with E-state index in [-0.39, 0.29) is 12.1 Å². The van der Waals surface area contributed by atoms with Gasteiger partial charge in [0.15, 0.2) is 0 Å². The molecule has 2 atom stereocenters. The fraction of sp³-hybridized carbons (Fsp3) is 0.500. The van der Waals surface area contributed by atoms with Crippen LogP contribution in [0.15, 0.2) is 54.0 Å². The Bertz CT molecular complexity index is 1110. The molecule has 0 aliphatic heterocycles. The predicted octanol–water partition coefficient (Wildman–Crippen LogP) is 6.94.